The van der Waals surface area contributed by atoms with Gasteiger partial charge >= 0.3 is 0 Å². The normalized spacial score (nSPS) is 10.8. The first-order valence-corrected chi connectivity index (χ1v) is 7.41. The number of rotatable bonds is 5. The van der Waals surface area contributed by atoms with Gasteiger partial charge < -0.3 is 11.1 Å². The summed E-state index contributed by atoms with van der Waals surface area (Å²) in [5, 5.41) is 7.44. The van der Waals surface area contributed by atoms with Gasteiger partial charge in [-0.3, -0.25) is 9.69 Å². The van der Waals surface area contributed by atoms with Crippen molar-refractivity contribution in [3.8, 4) is 0 Å². The molecule has 0 unspecified atom stereocenters. The molecule has 0 saturated carbocycles. The lowest BCUT2D eigenvalue weighted by Gasteiger charge is -2.16. The molecule has 1 heterocycles. The molecule has 4 nitrogen and oxygen atoms in total. The standard InChI is InChI=1S/C14H16ClN3OS/c1-18(7-10-4-5-20-9-10)8-14(19)17-13-3-2-11(15)6-12(13)16/h2-6,9H,7-8,16H2,1H3,(H,17,19). The zero-order valence-electron chi connectivity index (χ0n) is 11.1. The van der Waals surface area contributed by atoms with E-state index in [1.54, 1.807) is 29.5 Å². The van der Waals surface area contributed by atoms with Gasteiger partial charge in [-0.25, -0.2) is 0 Å². The molecule has 0 atom stereocenters. The number of nitrogen functional groups attached to an aromatic ring is 1. The van der Waals surface area contributed by atoms with E-state index in [0.717, 1.165) is 6.54 Å². The number of hydrogen-bond acceptors (Lipinski definition) is 4. The molecule has 0 fully saturated rings. The van der Waals surface area contributed by atoms with Gasteiger partial charge in [0.05, 0.1) is 17.9 Å². The Labute approximate surface area is 127 Å². The average Bonchev–Trinajstić information content (AvgIpc) is 2.85. The second kappa shape index (κ2) is 6.74. The largest absolute Gasteiger partial charge is 0.397 e. The molecule has 0 radical (unpaired) electrons. The first-order valence-electron chi connectivity index (χ1n) is 6.09. The maximum absolute atomic E-state index is 11.9. The Morgan fingerprint density at radius 1 is 1.45 bits per heavy atom. The van der Waals surface area contributed by atoms with Crippen molar-refractivity contribution in [2.24, 2.45) is 0 Å². The summed E-state index contributed by atoms with van der Waals surface area (Å²) in [6, 6.07) is 7.07. The maximum Gasteiger partial charge on any atom is 0.238 e. The molecule has 1 aromatic carbocycles. The number of amides is 1. The van der Waals surface area contributed by atoms with Crippen molar-refractivity contribution < 1.29 is 4.79 Å². The Morgan fingerprint density at radius 3 is 2.90 bits per heavy atom. The Hall–Kier alpha value is -1.56. The predicted molar refractivity (Wildman–Crippen MR) is 85.1 cm³/mol. The van der Waals surface area contributed by atoms with Crippen LogP contribution in [0.5, 0.6) is 0 Å². The van der Waals surface area contributed by atoms with Crippen molar-refractivity contribution >= 4 is 40.2 Å². The van der Waals surface area contributed by atoms with E-state index in [1.807, 2.05) is 17.3 Å². The average molecular weight is 310 g/mol. The van der Waals surface area contributed by atoms with Gasteiger partial charge in [-0.2, -0.15) is 11.3 Å². The molecule has 6 heteroatoms. The molecule has 0 aliphatic carbocycles. The summed E-state index contributed by atoms with van der Waals surface area (Å²) in [7, 11) is 1.91. The lowest BCUT2D eigenvalue weighted by Crippen LogP contribution is -2.29. The van der Waals surface area contributed by atoms with Gasteiger partial charge in [0.2, 0.25) is 5.91 Å². The Morgan fingerprint density at radius 2 is 2.25 bits per heavy atom. The van der Waals surface area contributed by atoms with Crippen LogP contribution in [-0.2, 0) is 11.3 Å². The lowest BCUT2D eigenvalue weighted by atomic mass is 10.2. The third-order valence-electron chi connectivity index (χ3n) is 2.73. The lowest BCUT2D eigenvalue weighted by molar-refractivity contribution is -0.117. The predicted octanol–water partition coefficient (Wildman–Crippen LogP) is 3.05. The first kappa shape index (κ1) is 14.8. The fraction of sp³-hybridized carbons (Fsp3) is 0.214. The number of carbonyl (C=O) groups excluding carboxylic acids is 1. The molecule has 1 amide bonds. The van der Waals surface area contributed by atoms with Gasteiger partial charge in [-0.1, -0.05) is 11.6 Å². The van der Waals surface area contributed by atoms with Gasteiger partial charge in [0.25, 0.3) is 0 Å². The van der Waals surface area contributed by atoms with Crippen LogP contribution in [0.15, 0.2) is 35.0 Å². The van der Waals surface area contributed by atoms with Crippen molar-refractivity contribution in [2.45, 2.75) is 6.54 Å². The molecule has 20 heavy (non-hydrogen) atoms. The zero-order valence-corrected chi connectivity index (χ0v) is 12.7. The van der Waals surface area contributed by atoms with Gasteiger partial charge in [0, 0.05) is 11.6 Å². The van der Waals surface area contributed by atoms with Crippen molar-refractivity contribution in [2.75, 3.05) is 24.6 Å². The quantitative estimate of drug-likeness (QED) is 0.835. The summed E-state index contributed by atoms with van der Waals surface area (Å²) in [6.07, 6.45) is 0. The number of benzene rings is 1. The van der Waals surface area contributed by atoms with Crippen molar-refractivity contribution in [3.05, 3.63) is 45.6 Å². The van der Waals surface area contributed by atoms with E-state index in [-0.39, 0.29) is 5.91 Å². The van der Waals surface area contributed by atoms with Gasteiger partial charge in [-0.15, -0.1) is 0 Å². The molecule has 2 rings (SSSR count). The molecule has 0 aliphatic heterocycles. The van der Waals surface area contributed by atoms with E-state index in [4.69, 9.17) is 17.3 Å². The van der Waals surface area contributed by atoms with Crippen LogP contribution in [0.3, 0.4) is 0 Å². The van der Waals surface area contributed by atoms with Crippen LogP contribution in [0.1, 0.15) is 5.56 Å². The summed E-state index contributed by atoms with van der Waals surface area (Å²) in [4.78, 5) is 13.9. The third-order valence-corrected chi connectivity index (χ3v) is 3.70. The van der Waals surface area contributed by atoms with E-state index in [1.165, 1.54) is 5.56 Å². The fourth-order valence-corrected chi connectivity index (χ4v) is 2.67. The summed E-state index contributed by atoms with van der Waals surface area (Å²) >= 11 is 7.47. The van der Waals surface area contributed by atoms with E-state index in [0.29, 0.717) is 22.9 Å². The smallest absolute Gasteiger partial charge is 0.238 e. The SMILES string of the molecule is CN(CC(=O)Nc1ccc(Cl)cc1N)Cc1ccsc1. The second-order valence-electron chi connectivity index (χ2n) is 4.58. The number of thiophene rings is 1. The highest BCUT2D eigenvalue weighted by atomic mass is 35.5. The summed E-state index contributed by atoms with van der Waals surface area (Å²) in [5.41, 5.74) is 8.05. The van der Waals surface area contributed by atoms with E-state index < -0.39 is 0 Å². The number of hydrogen-bond donors (Lipinski definition) is 2. The van der Waals surface area contributed by atoms with Crippen LogP contribution < -0.4 is 11.1 Å². The molecule has 3 N–H and O–H groups in total. The van der Waals surface area contributed by atoms with Gasteiger partial charge in [-0.05, 0) is 47.6 Å². The minimum atomic E-state index is -0.100. The fourth-order valence-electron chi connectivity index (χ4n) is 1.83. The van der Waals surface area contributed by atoms with E-state index in [9.17, 15) is 4.79 Å². The summed E-state index contributed by atoms with van der Waals surface area (Å²) in [6.45, 7) is 1.05. The topological polar surface area (TPSA) is 58.4 Å². The molecule has 2 aromatic rings. The molecular formula is C14H16ClN3OS. The van der Waals surface area contributed by atoms with Gasteiger partial charge in [0.1, 0.15) is 0 Å². The minimum absolute atomic E-state index is 0.100. The van der Waals surface area contributed by atoms with Crippen LogP contribution in [-0.4, -0.2) is 24.4 Å². The van der Waals surface area contributed by atoms with Crippen molar-refractivity contribution in [1.29, 1.82) is 0 Å². The third kappa shape index (κ3) is 4.23. The second-order valence-corrected chi connectivity index (χ2v) is 5.80. The Kier molecular flexibility index (Phi) is 5.00. The van der Waals surface area contributed by atoms with Crippen LogP contribution in [0.4, 0.5) is 11.4 Å². The molecule has 0 spiro atoms. The number of halogens is 1. The molecule has 0 bridgehead atoms. The van der Waals surface area contributed by atoms with E-state index >= 15 is 0 Å². The number of nitrogens with two attached hydrogens (primary N) is 1. The van der Waals surface area contributed by atoms with Crippen LogP contribution in [0, 0.1) is 0 Å². The molecule has 0 saturated heterocycles. The highest BCUT2D eigenvalue weighted by Crippen LogP contribution is 2.22. The molecule has 0 aliphatic rings. The van der Waals surface area contributed by atoms with Crippen LogP contribution in [0.25, 0.3) is 0 Å². The molecule has 1 aromatic heterocycles. The van der Waals surface area contributed by atoms with Crippen LogP contribution in [0.2, 0.25) is 5.02 Å². The highest BCUT2D eigenvalue weighted by Gasteiger charge is 2.09. The number of likely N-dealkylation sites (N-methyl/N-ethyl adjacent to an activating group) is 1. The maximum atomic E-state index is 11.9. The minimum Gasteiger partial charge on any atom is -0.397 e. The monoisotopic (exact) mass is 309 g/mol. The first-order chi connectivity index (χ1) is 9.54. The zero-order chi connectivity index (χ0) is 14.5. The van der Waals surface area contributed by atoms with Crippen molar-refractivity contribution in [3.63, 3.8) is 0 Å². The Bertz CT molecular complexity index is 586. The van der Waals surface area contributed by atoms with E-state index in [2.05, 4.69) is 16.8 Å². The molecular weight excluding hydrogens is 294 g/mol. The van der Waals surface area contributed by atoms with Gasteiger partial charge in [0.15, 0.2) is 0 Å². The number of nitrogens with one attached hydrogen (secondary N) is 1. The summed E-state index contributed by atoms with van der Waals surface area (Å²) in [5.74, 6) is -0.100. The summed E-state index contributed by atoms with van der Waals surface area (Å²) < 4.78 is 0. The molecule has 106 valence electrons. The number of anilines is 2. The highest BCUT2D eigenvalue weighted by molar-refractivity contribution is 7.07. The Balaban J connectivity index is 1.88. The number of nitrogens with zero attached hydrogens (tertiary/aromatic N) is 1. The van der Waals surface area contributed by atoms with Crippen LogP contribution >= 0.6 is 22.9 Å². The van der Waals surface area contributed by atoms with Crippen molar-refractivity contribution in [1.82, 2.24) is 4.90 Å². The number of carbonyl (C=O) groups is 1.